The summed E-state index contributed by atoms with van der Waals surface area (Å²) in [7, 11) is 1.30. The molecule has 4 aromatic rings. The maximum atomic E-state index is 14.1. The minimum absolute atomic E-state index is 0.0451. The maximum absolute atomic E-state index is 14.1. The van der Waals surface area contributed by atoms with Crippen molar-refractivity contribution in [2.45, 2.75) is 48.8 Å². The predicted octanol–water partition coefficient (Wildman–Crippen LogP) is 7.23. The first-order valence-electron chi connectivity index (χ1n) is 15.5. The molecule has 0 aliphatic carbocycles. The van der Waals surface area contributed by atoms with E-state index in [-0.39, 0.29) is 18.1 Å². The van der Waals surface area contributed by atoms with Gasteiger partial charge in [0.25, 0.3) is 0 Å². The van der Waals surface area contributed by atoms with Crippen LogP contribution < -0.4 is 16.0 Å². The van der Waals surface area contributed by atoms with Crippen LogP contribution in [0.1, 0.15) is 34.6 Å². The molecule has 1 aliphatic rings. The first-order valence-corrected chi connectivity index (χ1v) is 16.9. The standard InChI is InChI=1S/C37H40ClN3O4S/c1-25-21-29(38)18-20-33(25)46-24-31-23-39-22-30(45-31)19-17-26-11-9-10-16-32(26)40-36(42)35(41-37(43)44-2)34(27-12-5-3-6-13-27)28-14-7-4-8-15-28/h3-16,18,20-21,30-31,34-35,39H,17,19,22-24H2,1-2H3,(H,40,42)(H,41,43)/t30-,31+,35?/m1/s1. The van der Waals surface area contributed by atoms with Crippen LogP contribution >= 0.6 is 23.4 Å². The molecule has 1 aliphatic heterocycles. The van der Waals surface area contributed by atoms with Crippen LogP contribution in [0.5, 0.6) is 0 Å². The molecule has 0 spiro atoms. The van der Waals surface area contributed by atoms with Gasteiger partial charge in [0, 0.05) is 40.4 Å². The van der Waals surface area contributed by atoms with Gasteiger partial charge in [-0.15, -0.1) is 11.8 Å². The molecule has 1 unspecified atom stereocenters. The average Bonchev–Trinajstić information content (AvgIpc) is 3.08. The number of hydrogen-bond acceptors (Lipinski definition) is 6. The van der Waals surface area contributed by atoms with Gasteiger partial charge in [0.2, 0.25) is 5.91 Å². The van der Waals surface area contributed by atoms with E-state index >= 15 is 0 Å². The smallest absolute Gasteiger partial charge is 0.407 e. The van der Waals surface area contributed by atoms with Crippen LogP contribution in [0.2, 0.25) is 5.02 Å². The molecule has 5 rings (SSSR count). The Labute approximate surface area is 280 Å². The number of morpholine rings is 1. The number of rotatable bonds is 12. The van der Waals surface area contributed by atoms with Crippen molar-refractivity contribution in [2.75, 3.05) is 31.3 Å². The van der Waals surface area contributed by atoms with Crippen molar-refractivity contribution in [3.63, 3.8) is 0 Å². The van der Waals surface area contributed by atoms with E-state index in [0.717, 1.165) is 53.4 Å². The predicted molar refractivity (Wildman–Crippen MR) is 186 cm³/mol. The highest BCUT2D eigenvalue weighted by molar-refractivity contribution is 7.99. The number of ether oxygens (including phenoxy) is 2. The van der Waals surface area contributed by atoms with Crippen LogP contribution in [-0.4, -0.2) is 56.2 Å². The second kappa shape index (κ2) is 16.7. The molecular weight excluding hydrogens is 618 g/mol. The number of amides is 2. The van der Waals surface area contributed by atoms with Crippen LogP contribution in [-0.2, 0) is 20.7 Å². The van der Waals surface area contributed by atoms with Crippen LogP contribution in [0.4, 0.5) is 10.5 Å². The number of aryl methyl sites for hydroxylation is 2. The van der Waals surface area contributed by atoms with E-state index in [2.05, 4.69) is 28.9 Å². The summed E-state index contributed by atoms with van der Waals surface area (Å²) in [6.45, 7) is 3.66. The van der Waals surface area contributed by atoms with Crippen molar-refractivity contribution in [2.24, 2.45) is 0 Å². The molecule has 3 N–H and O–H groups in total. The summed E-state index contributed by atoms with van der Waals surface area (Å²) in [4.78, 5) is 27.8. The number of thioether (sulfide) groups is 1. The third-order valence-corrected chi connectivity index (χ3v) is 9.64. The fourth-order valence-corrected chi connectivity index (χ4v) is 7.01. The largest absolute Gasteiger partial charge is 0.453 e. The van der Waals surface area contributed by atoms with Gasteiger partial charge < -0.3 is 25.4 Å². The van der Waals surface area contributed by atoms with Gasteiger partial charge in [0.05, 0.1) is 19.3 Å². The lowest BCUT2D eigenvalue weighted by molar-refractivity contribution is -0.118. The van der Waals surface area contributed by atoms with Crippen molar-refractivity contribution in [3.8, 4) is 0 Å². The van der Waals surface area contributed by atoms with Crippen molar-refractivity contribution in [3.05, 3.63) is 130 Å². The third-order valence-electron chi connectivity index (χ3n) is 8.09. The third kappa shape index (κ3) is 9.13. The Morgan fingerprint density at radius 1 is 0.935 bits per heavy atom. The Morgan fingerprint density at radius 2 is 1.59 bits per heavy atom. The molecule has 1 saturated heterocycles. The summed E-state index contributed by atoms with van der Waals surface area (Å²) in [6, 6.07) is 32.3. The molecule has 7 nitrogen and oxygen atoms in total. The average molecular weight is 658 g/mol. The minimum atomic E-state index is -0.932. The van der Waals surface area contributed by atoms with Crippen molar-refractivity contribution in [1.29, 1.82) is 0 Å². The number of nitrogens with one attached hydrogen (secondary N) is 3. The summed E-state index contributed by atoms with van der Waals surface area (Å²) >= 11 is 7.91. The van der Waals surface area contributed by atoms with Gasteiger partial charge in [-0.05, 0) is 66.3 Å². The topological polar surface area (TPSA) is 88.7 Å². The maximum Gasteiger partial charge on any atom is 0.407 e. The zero-order valence-corrected chi connectivity index (χ0v) is 27.7. The summed E-state index contributed by atoms with van der Waals surface area (Å²) < 4.78 is 11.4. The molecule has 4 aromatic carbocycles. The van der Waals surface area contributed by atoms with E-state index < -0.39 is 18.1 Å². The lowest BCUT2D eigenvalue weighted by atomic mass is 9.84. The zero-order chi connectivity index (χ0) is 32.3. The normalized spacial score (nSPS) is 16.9. The van der Waals surface area contributed by atoms with Gasteiger partial charge >= 0.3 is 6.09 Å². The Bertz CT molecular complexity index is 1550. The van der Waals surface area contributed by atoms with E-state index in [4.69, 9.17) is 21.1 Å². The fraction of sp³-hybridized carbons (Fsp3) is 0.297. The van der Waals surface area contributed by atoms with Gasteiger partial charge in [-0.25, -0.2) is 4.79 Å². The molecule has 0 aromatic heterocycles. The second-order valence-electron chi connectivity index (χ2n) is 11.4. The number of carbonyl (C=O) groups is 2. The Kier molecular flexibility index (Phi) is 12.1. The van der Waals surface area contributed by atoms with E-state index in [1.54, 1.807) is 11.8 Å². The molecule has 46 heavy (non-hydrogen) atoms. The molecule has 0 saturated carbocycles. The molecule has 240 valence electrons. The molecule has 1 fully saturated rings. The number of methoxy groups -OCH3 is 1. The minimum Gasteiger partial charge on any atom is -0.453 e. The Hall–Kier alpha value is -3.82. The summed E-state index contributed by atoms with van der Waals surface area (Å²) in [5.74, 6) is 0.0690. The quantitative estimate of drug-likeness (QED) is 0.139. The van der Waals surface area contributed by atoms with Crippen molar-refractivity contribution < 1.29 is 19.1 Å². The van der Waals surface area contributed by atoms with Gasteiger partial charge in [-0.3, -0.25) is 4.79 Å². The van der Waals surface area contributed by atoms with Crippen molar-refractivity contribution >= 4 is 41.1 Å². The van der Waals surface area contributed by atoms with Gasteiger partial charge in [0.15, 0.2) is 0 Å². The van der Waals surface area contributed by atoms with E-state index in [9.17, 15) is 9.59 Å². The number of alkyl carbamates (subject to hydrolysis) is 1. The number of anilines is 1. The number of benzene rings is 4. The van der Waals surface area contributed by atoms with Crippen LogP contribution in [0.3, 0.4) is 0 Å². The molecule has 0 bridgehead atoms. The molecule has 9 heteroatoms. The highest BCUT2D eigenvalue weighted by atomic mass is 35.5. The highest BCUT2D eigenvalue weighted by Gasteiger charge is 2.33. The SMILES string of the molecule is COC(=O)NC(C(=O)Nc1ccccc1CC[C@@H]1CNC[C@@H](CSc2ccc(Cl)cc2C)O1)C(c1ccccc1)c1ccccc1. The second-order valence-corrected chi connectivity index (χ2v) is 12.9. The number of hydrogen-bond donors (Lipinski definition) is 3. The van der Waals surface area contributed by atoms with Gasteiger partial charge in [-0.2, -0.15) is 0 Å². The van der Waals surface area contributed by atoms with Gasteiger partial charge in [-0.1, -0.05) is 90.5 Å². The first-order chi connectivity index (χ1) is 22.4. The fourth-order valence-electron chi connectivity index (χ4n) is 5.77. The number of para-hydroxylation sites is 1. The number of carbonyl (C=O) groups excluding carboxylic acids is 2. The molecule has 2 amide bonds. The zero-order valence-electron chi connectivity index (χ0n) is 26.1. The van der Waals surface area contributed by atoms with Crippen molar-refractivity contribution in [1.82, 2.24) is 10.6 Å². The summed E-state index contributed by atoms with van der Waals surface area (Å²) in [5, 5.41) is 10.2. The molecule has 1 heterocycles. The number of halogens is 1. The van der Waals surface area contributed by atoms with E-state index in [1.807, 2.05) is 97.1 Å². The Morgan fingerprint density at radius 3 is 2.26 bits per heavy atom. The molecular formula is C37H40ClN3O4S. The molecule has 0 radical (unpaired) electrons. The van der Waals surface area contributed by atoms with Crippen LogP contribution in [0, 0.1) is 6.92 Å². The lowest BCUT2D eigenvalue weighted by Gasteiger charge is -2.31. The highest BCUT2D eigenvalue weighted by Crippen LogP contribution is 2.30. The van der Waals surface area contributed by atoms with Crippen LogP contribution in [0.15, 0.2) is 108 Å². The van der Waals surface area contributed by atoms with Crippen LogP contribution in [0.25, 0.3) is 0 Å². The van der Waals surface area contributed by atoms with E-state index in [1.165, 1.54) is 17.6 Å². The summed E-state index contributed by atoms with van der Waals surface area (Å²) in [5.41, 5.74) is 4.68. The first kappa shape index (κ1) is 33.5. The lowest BCUT2D eigenvalue weighted by Crippen LogP contribution is -2.48. The monoisotopic (exact) mass is 657 g/mol. The van der Waals surface area contributed by atoms with E-state index in [0.29, 0.717) is 5.69 Å². The molecule has 3 atom stereocenters. The Balaban J connectivity index is 1.27. The van der Waals surface area contributed by atoms with Gasteiger partial charge in [0.1, 0.15) is 6.04 Å². The summed E-state index contributed by atoms with van der Waals surface area (Å²) in [6.07, 6.45) is 0.970.